The highest BCUT2D eigenvalue weighted by molar-refractivity contribution is 5.88. The topological polar surface area (TPSA) is 68.8 Å². The molecule has 196 valence electrons. The van der Waals surface area contributed by atoms with Crippen molar-refractivity contribution < 1.29 is 23.4 Å². The molecule has 2 N–H and O–H groups in total. The van der Waals surface area contributed by atoms with Crippen molar-refractivity contribution in [3.63, 3.8) is 0 Å². The largest absolute Gasteiger partial charge is 0.497 e. The molecule has 1 saturated heterocycles. The Kier molecular flexibility index (Phi) is 6.19. The monoisotopic (exact) mass is 509 g/mol. The fraction of sp³-hybridized carbons (Fsp3) is 0.483. The molecule has 37 heavy (non-hydrogen) atoms. The van der Waals surface area contributed by atoms with Crippen molar-refractivity contribution in [2.24, 2.45) is 5.92 Å². The summed E-state index contributed by atoms with van der Waals surface area (Å²) < 4.78 is 34.1. The van der Waals surface area contributed by atoms with Gasteiger partial charge < -0.3 is 19.7 Å². The van der Waals surface area contributed by atoms with Crippen molar-refractivity contribution in [2.75, 3.05) is 33.4 Å². The summed E-state index contributed by atoms with van der Waals surface area (Å²) in [7, 11) is 1.63. The molecular formula is C29H33F2N3O3. The Hall–Kier alpha value is -2.97. The fourth-order valence-electron chi connectivity index (χ4n) is 6.64. The van der Waals surface area contributed by atoms with Crippen LogP contribution in [0.1, 0.15) is 55.0 Å². The first-order valence-corrected chi connectivity index (χ1v) is 13.2. The number of hydrogen-bond donors (Lipinski definition) is 2. The molecule has 6 rings (SSSR count). The molecule has 2 aromatic carbocycles. The van der Waals surface area contributed by atoms with E-state index in [1.54, 1.807) is 7.11 Å². The predicted molar refractivity (Wildman–Crippen MR) is 136 cm³/mol. The molecule has 3 aromatic rings. The van der Waals surface area contributed by atoms with Crippen molar-refractivity contribution in [1.29, 1.82) is 0 Å². The second-order valence-corrected chi connectivity index (χ2v) is 10.9. The Morgan fingerprint density at radius 2 is 1.95 bits per heavy atom. The van der Waals surface area contributed by atoms with Crippen LogP contribution >= 0.6 is 0 Å². The minimum Gasteiger partial charge on any atom is -0.497 e. The number of carbonyl (C=O) groups is 1. The zero-order valence-corrected chi connectivity index (χ0v) is 21.1. The first-order valence-electron chi connectivity index (χ1n) is 13.2. The standard InChI is InChI=1S/C29H33F2N3O3/c1-37-21-6-7-22-24(14-21)32-27-25(16-35)34(15-19-13-20(30)5-8-23(19)31)17-29(26(22)27)9-11-33(12-10-29)28(36)18-3-2-4-18/h5-8,13-14,18,25,32,35H,2-4,9-12,15-17H2,1H3/t25-/m0/s1. The van der Waals surface area contributed by atoms with Gasteiger partial charge in [0, 0.05) is 65.7 Å². The van der Waals surface area contributed by atoms with E-state index in [2.05, 4.69) is 16.0 Å². The number of ether oxygens (including phenoxy) is 1. The van der Waals surface area contributed by atoms with Gasteiger partial charge in [-0.1, -0.05) is 6.42 Å². The van der Waals surface area contributed by atoms with E-state index >= 15 is 0 Å². The molecular weight excluding hydrogens is 476 g/mol. The number of aromatic nitrogens is 1. The van der Waals surface area contributed by atoms with Gasteiger partial charge in [-0.05, 0) is 61.6 Å². The van der Waals surface area contributed by atoms with Gasteiger partial charge in [0.2, 0.25) is 5.91 Å². The van der Waals surface area contributed by atoms with Crippen molar-refractivity contribution >= 4 is 16.8 Å². The van der Waals surface area contributed by atoms with E-state index in [1.807, 2.05) is 17.0 Å². The van der Waals surface area contributed by atoms with E-state index in [1.165, 1.54) is 11.6 Å². The van der Waals surface area contributed by atoms with Crippen LogP contribution < -0.4 is 4.74 Å². The highest BCUT2D eigenvalue weighted by atomic mass is 19.1. The van der Waals surface area contributed by atoms with Crippen LogP contribution in [0.4, 0.5) is 8.78 Å². The molecule has 6 nitrogen and oxygen atoms in total. The number of fused-ring (bicyclic) bond motifs is 4. The average Bonchev–Trinajstić information content (AvgIpc) is 3.25. The number of aliphatic hydroxyl groups excluding tert-OH is 1. The third kappa shape index (κ3) is 4.10. The number of likely N-dealkylation sites (tertiary alicyclic amines) is 1. The number of carbonyl (C=O) groups excluding carboxylic acids is 1. The zero-order valence-electron chi connectivity index (χ0n) is 21.1. The number of piperidine rings is 1. The Bertz CT molecular complexity index is 1330. The summed E-state index contributed by atoms with van der Waals surface area (Å²) in [6, 6.07) is 9.09. The molecule has 1 amide bonds. The molecule has 2 aliphatic heterocycles. The summed E-state index contributed by atoms with van der Waals surface area (Å²) in [6.07, 6.45) is 4.65. The smallest absolute Gasteiger partial charge is 0.225 e. The fourth-order valence-corrected chi connectivity index (χ4v) is 6.64. The van der Waals surface area contributed by atoms with Gasteiger partial charge in [0.25, 0.3) is 0 Å². The lowest BCUT2D eigenvalue weighted by molar-refractivity contribution is -0.140. The minimum atomic E-state index is -0.482. The Morgan fingerprint density at radius 3 is 2.62 bits per heavy atom. The van der Waals surface area contributed by atoms with Crippen LogP contribution in [0.3, 0.4) is 0 Å². The Morgan fingerprint density at radius 1 is 1.16 bits per heavy atom. The first-order chi connectivity index (χ1) is 17.9. The molecule has 1 aromatic heterocycles. The number of aromatic amines is 1. The van der Waals surface area contributed by atoms with Crippen LogP contribution in [0, 0.1) is 17.6 Å². The molecule has 8 heteroatoms. The molecule has 1 saturated carbocycles. The zero-order chi connectivity index (χ0) is 25.7. The number of amides is 1. The Labute approximate surface area is 215 Å². The van der Waals surface area contributed by atoms with E-state index in [4.69, 9.17) is 4.74 Å². The minimum absolute atomic E-state index is 0.156. The summed E-state index contributed by atoms with van der Waals surface area (Å²) in [6.45, 7) is 1.95. The van der Waals surface area contributed by atoms with E-state index < -0.39 is 17.7 Å². The van der Waals surface area contributed by atoms with Crippen LogP contribution in [0.5, 0.6) is 5.75 Å². The van der Waals surface area contributed by atoms with Gasteiger partial charge in [-0.15, -0.1) is 0 Å². The van der Waals surface area contributed by atoms with Crippen LogP contribution in [0.15, 0.2) is 36.4 Å². The number of nitrogens with one attached hydrogen (secondary N) is 1. The lowest BCUT2D eigenvalue weighted by Gasteiger charge is -2.50. The van der Waals surface area contributed by atoms with Gasteiger partial charge in [-0.3, -0.25) is 9.69 Å². The quantitative estimate of drug-likeness (QED) is 0.525. The van der Waals surface area contributed by atoms with Crippen LogP contribution in [0.25, 0.3) is 10.9 Å². The second-order valence-electron chi connectivity index (χ2n) is 10.9. The predicted octanol–water partition coefficient (Wildman–Crippen LogP) is 4.66. The summed E-state index contributed by atoms with van der Waals surface area (Å²) in [5.41, 5.74) is 3.00. The molecule has 0 radical (unpaired) electrons. The lowest BCUT2D eigenvalue weighted by Crippen LogP contribution is -2.55. The maximum Gasteiger partial charge on any atom is 0.225 e. The first kappa shape index (κ1) is 24.4. The number of aliphatic hydroxyl groups is 1. The number of benzene rings is 2. The second kappa shape index (κ2) is 9.40. The third-order valence-corrected chi connectivity index (χ3v) is 8.89. The van der Waals surface area contributed by atoms with Gasteiger partial charge in [-0.25, -0.2) is 8.78 Å². The normalized spacial score (nSPS) is 21.7. The third-order valence-electron chi connectivity index (χ3n) is 8.89. The van der Waals surface area contributed by atoms with E-state index in [9.17, 15) is 18.7 Å². The maximum absolute atomic E-state index is 14.7. The van der Waals surface area contributed by atoms with E-state index in [-0.39, 0.29) is 36.0 Å². The van der Waals surface area contributed by atoms with Crippen LogP contribution in [-0.2, 0) is 16.8 Å². The number of nitrogens with zero attached hydrogens (tertiary/aromatic N) is 2. The molecule has 1 atom stereocenters. The molecule has 0 bridgehead atoms. The summed E-state index contributed by atoms with van der Waals surface area (Å²) in [5, 5.41) is 11.6. The van der Waals surface area contributed by atoms with Gasteiger partial charge in [0.05, 0.1) is 19.8 Å². The molecule has 1 aliphatic carbocycles. The van der Waals surface area contributed by atoms with Gasteiger partial charge in [0.15, 0.2) is 0 Å². The average molecular weight is 510 g/mol. The molecule has 1 spiro atoms. The van der Waals surface area contributed by atoms with Crippen LogP contribution in [0.2, 0.25) is 0 Å². The number of halogens is 2. The molecule has 3 heterocycles. The summed E-state index contributed by atoms with van der Waals surface area (Å²) >= 11 is 0. The highest BCUT2D eigenvalue weighted by Crippen LogP contribution is 2.49. The highest BCUT2D eigenvalue weighted by Gasteiger charge is 2.48. The van der Waals surface area contributed by atoms with E-state index in [0.717, 1.165) is 66.6 Å². The van der Waals surface area contributed by atoms with Crippen LogP contribution in [-0.4, -0.2) is 59.1 Å². The molecule has 0 unspecified atom stereocenters. The van der Waals surface area contributed by atoms with Gasteiger partial charge in [0.1, 0.15) is 17.4 Å². The molecule has 3 aliphatic rings. The lowest BCUT2D eigenvalue weighted by atomic mass is 9.68. The van der Waals surface area contributed by atoms with Gasteiger partial charge >= 0.3 is 0 Å². The number of rotatable bonds is 5. The Balaban J connectivity index is 1.40. The SMILES string of the molecule is COc1ccc2c3c([nH]c2c1)[C@H](CO)N(Cc1cc(F)ccc1F)CC31CCN(C(=O)C2CCC2)CC1. The van der Waals surface area contributed by atoms with E-state index in [0.29, 0.717) is 19.6 Å². The number of H-pyrrole nitrogens is 1. The molecule has 2 fully saturated rings. The number of methoxy groups -OCH3 is 1. The van der Waals surface area contributed by atoms with Crippen molar-refractivity contribution in [1.82, 2.24) is 14.8 Å². The summed E-state index contributed by atoms with van der Waals surface area (Å²) in [4.78, 5) is 20.6. The van der Waals surface area contributed by atoms with Crippen molar-refractivity contribution in [3.8, 4) is 5.75 Å². The van der Waals surface area contributed by atoms with Crippen molar-refractivity contribution in [3.05, 3.63) is 64.9 Å². The number of hydrogen-bond acceptors (Lipinski definition) is 4. The maximum atomic E-state index is 14.7. The van der Waals surface area contributed by atoms with Crippen molar-refractivity contribution in [2.45, 2.75) is 50.1 Å². The van der Waals surface area contributed by atoms with Gasteiger partial charge in [-0.2, -0.15) is 0 Å². The summed E-state index contributed by atoms with van der Waals surface area (Å²) in [5.74, 6) is 0.237.